The van der Waals surface area contributed by atoms with Crippen molar-refractivity contribution in [3.63, 3.8) is 0 Å². The van der Waals surface area contributed by atoms with Gasteiger partial charge in [-0.25, -0.2) is 0 Å². The smallest absolute Gasteiger partial charge is 0.0253 e. The van der Waals surface area contributed by atoms with Gasteiger partial charge < -0.3 is 5.32 Å². The lowest BCUT2D eigenvalue weighted by atomic mass is 9.90. The summed E-state index contributed by atoms with van der Waals surface area (Å²) in [6, 6.07) is 0.684. The molecule has 0 radical (unpaired) electrons. The molecule has 0 aromatic heterocycles. The van der Waals surface area contributed by atoms with Crippen LogP contribution in [0.3, 0.4) is 0 Å². The minimum Gasteiger partial charge on any atom is -0.309 e. The summed E-state index contributed by atoms with van der Waals surface area (Å²) in [6.45, 7) is 17.0. The van der Waals surface area contributed by atoms with Gasteiger partial charge in [0.25, 0.3) is 0 Å². The second kappa shape index (κ2) is 6.01. The van der Waals surface area contributed by atoms with E-state index in [0.29, 0.717) is 6.04 Å². The van der Waals surface area contributed by atoms with Crippen molar-refractivity contribution in [1.82, 2.24) is 10.2 Å². The van der Waals surface area contributed by atoms with Crippen LogP contribution in [0.1, 0.15) is 48.0 Å². The minimum atomic E-state index is 0.249. The van der Waals surface area contributed by atoms with E-state index in [1.165, 1.54) is 12.0 Å². The zero-order valence-corrected chi connectivity index (χ0v) is 12.5. The topological polar surface area (TPSA) is 15.3 Å². The highest BCUT2D eigenvalue weighted by Gasteiger charge is 2.33. The lowest BCUT2D eigenvalue weighted by molar-refractivity contribution is 0.0743. The molecule has 0 amide bonds. The van der Waals surface area contributed by atoms with E-state index in [1.54, 1.807) is 0 Å². The molecule has 0 bridgehead atoms. The zero-order valence-electron chi connectivity index (χ0n) is 12.5. The molecular weight excluding hydrogens is 208 g/mol. The third-order valence-corrected chi connectivity index (χ3v) is 3.89. The molecule has 1 fully saturated rings. The maximum absolute atomic E-state index is 3.68. The fourth-order valence-electron chi connectivity index (χ4n) is 2.52. The highest BCUT2D eigenvalue weighted by atomic mass is 15.2. The second-order valence-corrected chi connectivity index (χ2v) is 6.43. The fourth-order valence-corrected chi connectivity index (χ4v) is 2.52. The van der Waals surface area contributed by atoms with Gasteiger partial charge in [-0.2, -0.15) is 0 Å². The summed E-state index contributed by atoms with van der Waals surface area (Å²) in [7, 11) is 0. The summed E-state index contributed by atoms with van der Waals surface area (Å²) < 4.78 is 0. The summed E-state index contributed by atoms with van der Waals surface area (Å²) >= 11 is 0. The van der Waals surface area contributed by atoms with Gasteiger partial charge in [0, 0.05) is 31.2 Å². The summed E-state index contributed by atoms with van der Waals surface area (Å²) in [5.74, 6) is 0.768. The quantitative estimate of drug-likeness (QED) is 0.757. The lowest BCUT2D eigenvalue weighted by Gasteiger charge is -2.46. The monoisotopic (exact) mass is 238 g/mol. The Kier molecular flexibility index (Phi) is 5.21. The van der Waals surface area contributed by atoms with Crippen LogP contribution in [0.15, 0.2) is 11.6 Å². The van der Waals surface area contributed by atoms with Crippen molar-refractivity contribution in [3.8, 4) is 0 Å². The Morgan fingerprint density at radius 3 is 2.65 bits per heavy atom. The SMILES string of the molecule is CCC(C)C1CNC(C)(C)CN1CC=C(C)C. The van der Waals surface area contributed by atoms with Crippen molar-refractivity contribution in [2.45, 2.75) is 59.5 Å². The third-order valence-electron chi connectivity index (χ3n) is 3.89. The van der Waals surface area contributed by atoms with Crippen molar-refractivity contribution < 1.29 is 0 Å². The van der Waals surface area contributed by atoms with Crippen LogP contribution < -0.4 is 5.32 Å². The highest BCUT2D eigenvalue weighted by molar-refractivity contribution is 5.00. The van der Waals surface area contributed by atoms with E-state index in [4.69, 9.17) is 0 Å². The lowest BCUT2D eigenvalue weighted by Crippen LogP contribution is -2.63. The molecule has 1 saturated heterocycles. The molecule has 0 aromatic rings. The van der Waals surface area contributed by atoms with Gasteiger partial charge in [-0.1, -0.05) is 31.9 Å². The Balaban J connectivity index is 2.71. The van der Waals surface area contributed by atoms with Gasteiger partial charge in [-0.05, 0) is 33.6 Å². The van der Waals surface area contributed by atoms with Gasteiger partial charge in [0.15, 0.2) is 0 Å². The van der Waals surface area contributed by atoms with Gasteiger partial charge in [-0.3, -0.25) is 4.90 Å². The molecule has 1 N–H and O–H groups in total. The minimum absolute atomic E-state index is 0.249. The first-order chi connectivity index (χ1) is 7.85. The highest BCUT2D eigenvalue weighted by Crippen LogP contribution is 2.22. The Morgan fingerprint density at radius 1 is 1.47 bits per heavy atom. The maximum Gasteiger partial charge on any atom is 0.0253 e. The summed E-state index contributed by atoms with van der Waals surface area (Å²) in [5.41, 5.74) is 1.67. The van der Waals surface area contributed by atoms with Gasteiger partial charge >= 0.3 is 0 Å². The molecule has 2 nitrogen and oxygen atoms in total. The van der Waals surface area contributed by atoms with Crippen LogP contribution in [0, 0.1) is 5.92 Å². The van der Waals surface area contributed by atoms with Crippen LogP contribution in [0.25, 0.3) is 0 Å². The number of piperazine rings is 1. The number of nitrogens with one attached hydrogen (secondary N) is 1. The van der Waals surface area contributed by atoms with E-state index in [0.717, 1.165) is 25.6 Å². The molecule has 1 heterocycles. The average Bonchev–Trinajstić information content (AvgIpc) is 2.24. The van der Waals surface area contributed by atoms with E-state index < -0.39 is 0 Å². The van der Waals surface area contributed by atoms with E-state index in [-0.39, 0.29) is 5.54 Å². The number of hydrogen-bond donors (Lipinski definition) is 1. The molecule has 2 heteroatoms. The number of rotatable bonds is 4. The molecule has 0 spiro atoms. The first kappa shape index (κ1) is 14.7. The van der Waals surface area contributed by atoms with Crippen LogP contribution >= 0.6 is 0 Å². The second-order valence-electron chi connectivity index (χ2n) is 6.43. The summed E-state index contributed by atoms with van der Waals surface area (Å²) in [4.78, 5) is 2.65. The molecule has 2 atom stereocenters. The van der Waals surface area contributed by atoms with Gasteiger partial charge in [0.2, 0.25) is 0 Å². The summed E-state index contributed by atoms with van der Waals surface area (Å²) in [6.07, 6.45) is 3.62. The Bertz CT molecular complexity index is 264. The van der Waals surface area contributed by atoms with E-state index in [1.807, 2.05) is 0 Å². The maximum atomic E-state index is 3.68. The van der Waals surface area contributed by atoms with Crippen LogP contribution in [-0.4, -0.2) is 36.1 Å². The predicted octanol–water partition coefficient (Wildman–Crippen LogP) is 3.05. The van der Waals surface area contributed by atoms with Gasteiger partial charge in [0.1, 0.15) is 0 Å². The third kappa shape index (κ3) is 4.44. The predicted molar refractivity (Wildman–Crippen MR) is 76.3 cm³/mol. The fraction of sp³-hybridized carbons (Fsp3) is 0.867. The Morgan fingerprint density at radius 2 is 2.12 bits per heavy atom. The molecule has 0 aromatic carbocycles. The van der Waals surface area contributed by atoms with Gasteiger partial charge in [-0.15, -0.1) is 0 Å². The van der Waals surface area contributed by atoms with Crippen LogP contribution in [0.2, 0.25) is 0 Å². The molecule has 100 valence electrons. The zero-order chi connectivity index (χ0) is 13.1. The van der Waals surface area contributed by atoms with Crippen molar-refractivity contribution in [2.24, 2.45) is 5.92 Å². The van der Waals surface area contributed by atoms with Gasteiger partial charge in [0.05, 0.1) is 0 Å². The van der Waals surface area contributed by atoms with Crippen molar-refractivity contribution in [1.29, 1.82) is 0 Å². The van der Waals surface area contributed by atoms with Crippen LogP contribution in [0.5, 0.6) is 0 Å². The van der Waals surface area contributed by atoms with E-state index in [2.05, 4.69) is 57.8 Å². The number of allylic oxidation sites excluding steroid dienone is 1. The molecular formula is C15H30N2. The first-order valence-corrected chi connectivity index (χ1v) is 6.98. The molecule has 17 heavy (non-hydrogen) atoms. The molecule has 1 aliphatic rings. The van der Waals surface area contributed by atoms with E-state index >= 15 is 0 Å². The van der Waals surface area contributed by atoms with Crippen molar-refractivity contribution in [2.75, 3.05) is 19.6 Å². The number of hydrogen-bond acceptors (Lipinski definition) is 2. The van der Waals surface area contributed by atoms with Crippen LogP contribution in [0.4, 0.5) is 0 Å². The van der Waals surface area contributed by atoms with E-state index in [9.17, 15) is 0 Å². The summed E-state index contributed by atoms with van der Waals surface area (Å²) in [5, 5.41) is 3.68. The normalized spacial score (nSPS) is 26.6. The van der Waals surface area contributed by atoms with Crippen molar-refractivity contribution in [3.05, 3.63) is 11.6 Å². The number of nitrogens with zero attached hydrogens (tertiary/aromatic N) is 1. The Hall–Kier alpha value is -0.340. The molecule has 1 aliphatic heterocycles. The van der Waals surface area contributed by atoms with Crippen LogP contribution in [-0.2, 0) is 0 Å². The standard InChI is InChI=1S/C15H30N2/c1-7-13(4)14-10-16-15(5,6)11-17(14)9-8-12(2)3/h8,13-14,16H,7,9-11H2,1-6H3. The molecule has 2 unspecified atom stereocenters. The Labute approximate surface area is 107 Å². The first-order valence-electron chi connectivity index (χ1n) is 6.98. The largest absolute Gasteiger partial charge is 0.309 e. The molecule has 0 saturated carbocycles. The molecule has 0 aliphatic carbocycles. The van der Waals surface area contributed by atoms with Crippen molar-refractivity contribution >= 4 is 0 Å². The average molecular weight is 238 g/mol. The molecule has 1 rings (SSSR count).